The molecule has 1 unspecified atom stereocenters. The molecule has 0 spiro atoms. The fourth-order valence-electron chi connectivity index (χ4n) is 1.48. The van der Waals surface area contributed by atoms with Gasteiger partial charge in [0.2, 0.25) is 0 Å². The van der Waals surface area contributed by atoms with Gasteiger partial charge in [-0.15, -0.1) is 11.8 Å². The summed E-state index contributed by atoms with van der Waals surface area (Å²) in [5, 5.41) is 0.409. The van der Waals surface area contributed by atoms with Crippen molar-refractivity contribution in [3.8, 4) is 0 Å². The normalized spacial score (nSPS) is 19.4. The molecule has 78 valence electrons. The second-order valence-corrected chi connectivity index (χ2v) is 4.77. The van der Waals surface area contributed by atoms with Crippen molar-refractivity contribution in [3.63, 3.8) is 0 Å². The first-order valence-corrected chi connectivity index (χ1v) is 6.24. The van der Waals surface area contributed by atoms with E-state index in [1.54, 1.807) is 0 Å². The van der Waals surface area contributed by atoms with E-state index in [1.165, 1.54) is 11.3 Å². The van der Waals surface area contributed by atoms with Gasteiger partial charge < -0.3 is 0 Å². The second kappa shape index (κ2) is 5.17. The Hall–Kier alpha value is -1.02. The fourth-order valence-corrected chi connectivity index (χ4v) is 2.48. The molecule has 15 heavy (non-hydrogen) atoms. The van der Waals surface area contributed by atoms with E-state index >= 15 is 0 Å². The van der Waals surface area contributed by atoms with Crippen LogP contribution in [0.2, 0.25) is 0 Å². The Kier molecular flexibility index (Phi) is 3.62. The van der Waals surface area contributed by atoms with Crippen LogP contribution in [0.5, 0.6) is 0 Å². The number of rotatable bonds is 3. The summed E-state index contributed by atoms with van der Waals surface area (Å²) in [4.78, 5) is 5.74. The van der Waals surface area contributed by atoms with Crippen molar-refractivity contribution in [1.29, 1.82) is 0 Å². The lowest BCUT2D eigenvalue weighted by atomic mass is 10.3. The van der Waals surface area contributed by atoms with Gasteiger partial charge in [-0.25, -0.2) is 0 Å². The number of nitrogens with zero attached hydrogens (tertiary/aromatic N) is 1. The molecule has 0 N–H and O–H groups in total. The summed E-state index contributed by atoms with van der Waals surface area (Å²) in [7, 11) is 0. The van der Waals surface area contributed by atoms with Crippen LogP contribution < -0.4 is 0 Å². The molecular formula is C13H15NS. The first-order chi connectivity index (χ1) is 7.40. The zero-order valence-electron chi connectivity index (χ0n) is 8.89. The summed E-state index contributed by atoms with van der Waals surface area (Å²) in [6.07, 6.45) is 8.89. The first kappa shape index (κ1) is 10.5. The summed E-state index contributed by atoms with van der Waals surface area (Å²) < 4.78 is 0. The van der Waals surface area contributed by atoms with Crippen molar-refractivity contribution in [1.82, 2.24) is 0 Å². The molecule has 2 heteroatoms. The Balaban J connectivity index is 2.06. The third-order valence-corrected chi connectivity index (χ3v) is 3.42. The van der Waals surface area contributed by atoms with Gasteiger partial charge in [-0.2, -0.15) is 0 Å². The van der Waals surface area contributed by atoms with E-state index in [9.17, 15) is 0 Å². The van der Waals surface area contributed by atoms with E-state index in [0.29, 0.717) is 5.25 Å². The van der Waals surface area contributed by atoms with E-state index in [4.69, 9.17) is 0 Å². The molecule has 1 aromatic carbocycles. The molecule has 1 nitrogen and oxygen atoms in total. The molecule has 0 saturated heterocycles. The van der Waals surface area contributed by atoms with E-state index in [2.05, 4.69) is 42.3 Å². The Morgan fingerprint density at radius 1 is 1.40 bits per heavy atom. The van der Waals surface area contributed by atoms with Crippen molar-refractivity contribution in [3.05, 3.63) is 36.4 Å². The Morgan fingerprint density at radius 3 is 3.13 bits per heavy atom. The van der Waals surface area contributed by atoms with Crippen LogP contribution in [-0.2, 0) is 0 Å². The number of fused-ring (bicyclic) bond motifs is 1. The number of hydrogen-bond acceptors (Lipinski definition) is 2. The summed E-state index contributed by atoms with van der Waals surface area (Å²) >= 11 is 1.87. The van der Waals surface area contributed by atoms with Crippen LogP contribution in [0.25, 0.3) is 0 Å². The standard InChI is InChI=1S/C13H15NS/c1-2-3-4-7-11-10-14-12-8-5-6-9-13(12)15-11/h4-11H,2-3H2,1H3. The van der Waals surface area contributed by atoms with E-state index in [-0.39, 0.29) is 0 Å². The third kappa shape index (κ3) is 2.72. The van der Waals surface area contributed by atoms with Crippen molar-refractivity contribution in [2.24, 2.45) is 4.99 Å². The summed E-state index contributed by atoms with van der Waals surface area (Å²) in [5.41, 5.74) is 1.10. The van der Waals surface area contributed by atoms with E-state index in [0.717, 1.165) is 12.1 Å². The second-order valence-electron chi connectivity index (χ2n) is 3.55. The average Bonchev–Trinajstić information content (AvgIpc) is 2.29. The van der Waals surface area contributed by atoms with Crippen LogP contribution in [-0.4, -0.2) is 11.5 Å². The maximum Gasteiger partial charge on any atom is 0.0762 e. The van der Waals surface area contributed by atoms with Gasteiger partial charge in [-0.05, 0) is 18.6 Å². The lowest BCUT2D eigenvalue weighted by Crippen LogP contribution is -2.03. The minimum Gasteiger partial charge on any atom is -0.259 e. The maximum atomic E-state index is 4.46. The van der Waals surface area contributed by atoms with Crippen LogP contribution in [0.4, 0.5) is 5.69 Å². The third-order valence-electron chi connectivity index (χ3n) is 2.27. The van der Waals surface area contributed by atoms with Crippen molar-refractivity contribution in [2.45, 2.75) is 29.9 Å². The zero-order valence-corrected chi connectivity index (χ0v) is 9.70. The lowest BCUT2D eigenvalue weighted by molar-refractivity contribution is 0.956. The minimum atomic E-state index is 0.409. The molecular weight excluding hydrogens is 202 g/mol. The Morgan fingerprint density at radius 2 is 2.27 bits per heavy atom. The Bertz CT molecular complexity index is 382. The Labute approximate surface area is 95.3 Å². The molecule has 0 amide bonds. The van der Waals surface area contributed by atoms with Gasteiger partial charge in [-0.1, -0.05) is 37.6 Å². The smallest absolute Gasteiger partial charge is 0.0762 e. The molecule has 0 saturated carbocycles. The predicted octanol–water partition coefficient (Wildman–Crippen LogP) is 4.22. The SMILES string of the molecule is CCCC=CC1C=Nc2ccccc2S1. The molecule has 1 aromatic rings. The zero-order chi connectivity index (χ0) is 10.5. The fraction of sp³-hybridized carbons (Fsp3) is 0.308. The number of benzene rings is 1. The molecule has 0 aliphatic carbocycles. The van der Waals surface area contributed by atoms with Crippen LogP contribution in [0.3, 0.4) is 0 Å². The first-order valence-electron chi connectivity index (χ1n) is 5.36. The van der Waals surface area contributed by atoms with Gasteiger partial charge in [0, 0.05) is 11.1 Å². The van der Waals surface area contributed by atoms with Gasteiger partial charge in [0.15, 0.2) is 0 Å². The molecule has 1 aliphatic heterocycles. The number of allylic oxidation sites excluding steroid dienone is 1. The predicted molar refractivity (Wildman–Crippen MR) is 68.3 cm³/mol. The topological polar surface area (TPSA) is 12.4 Å². The number of hydrogen-bond donors (Lipinski definition) is 0. The summed E-state index contributed by atoms with van der Waals surface area (Å²) in [6, 6.07) is 8.30. The molecule has 1 heterocycles. The van der Waals surface area contributed by atoms with Gasteiger partial charge in [0.1, 0.15) is 0 Å². The molecule has 1 atom stereocenters. The number of aliphatic imine (C=N–C) groups is 1. The van der Waals surface area contributed by atoms with Crippen molar-refractivity contribution >= 4 is 23.7 Å². The van der Waals surface area contributed by atoms with Gasteiger partial charge in [-0.3, -0.25) is 4.99 Å². The molecule has 0 aromatic heterocycles. The van der Waals surface area contributed by atoms with Gasteiger partial charge >= 0.3 is 0 Å². The number of unbranched alkanes of at least 4 members (excludes halogenated alkanes) is 1. The van der Waals surface area contributed by atoms with Gasteiger partial charge in [0.05, 0.1) is 10.9 Å². The molecule has 0 fully saturated rings. The largest absolute Gasteiger partial charge is 0.259 e. The molecule has 1 aliphatic rings. The molecule has 2 rings (SSSR count). The number of para-hydroxylation sites is 1. The maximum absolute atomic E-state index is 4.46. The number of thioether (sulfide) groups is 1. The van der Waals surface area contributed by atoms with Crippen LogP contribution in [0.15, 0.2) is 46.3 Å². The highest BCUT2D eigenvalue weighted by molar-refractivity contribution is 8.01. The highest BCUT2D eigenvalue weighted by atomic mass is 32.2. The molecule has 0 bridgehead atoms. The van der Waals surface area contributed by atoms with Crippen LogP contribution in [0, 0.1) is 0 Å². The van der Waals surface area contributed by atoms with Crippen LogP contribution >= 0.6 is 11.8 Å². The van der Waals surface area contributed by atoms with Crippen LogP contribution in [0.1, 0.15) is 19.8 Å². The van der Waals surface area contributed by atoms with E-state index in [1.807, 2.05) is 24.0 Å². The lowest BCUT2D eigenvalue weighted by Gasteiger charge is -2.14. The monoisotopic (exact) mass is 217 g/mol. The quantitative estimate of drug-likeness (QED) is 0.690. The minimum absolute atomic E-state index is 0.409. The summed E-state index contributed by atoms with van der Waals surface area (Å²) in [6.45, 7) is 2.20. The van der Waals surface area contributed by atoms with Gasteiger partial charge in [0.25, 0.3) is 0 Å². The van der Waals surface area contributed by atoms with Crippen molar-refractivity contribution in [2.75, 3.05) is 0 Å². The average molecular weight is 217 g/mol. The highest BCUT2D eigenvalue weighted by Gasteiger charge is 2.11. The summed E-state index contributed by atoms with van der Waals surface area (Å²) in [5.74, 6) is 0. The van der Waals surface area contributed by atoms with E-state index < -0.39 is 0 Å². The molecule has 0 radical (unpaired) electrons. The highest BCUT2D eigenvalue weighted by Crippen LogP contribution is 2.35. The van der Waals surface area contributed by atoms with Crippen molar-refractivity contribution < 1.29 is 0 Å².